The van der Waals surface area contributed by atoms with Crippen molar-refractivity contribution in [2.24, 2.45) is 7.05 Å². The lowest BCUT2D eigenvalue weighted by atomic mass is 9.95. The molecule has 5 rings (SSSR count). The van der Waals surface area contributed by atoms with E-state index in [9.17, 15) is 5.26 Å². The summed E-state index contributed by atoms with van der Waals surface area (Å²) in [6.07, 6.45) is 2.00. The first-order valence-corrected chi connectivity index (χ1v) is 10.8. The van der Waals surface area contributed by atoms with Gasteiger partial charge in [-0.15, -0.1) is 11.3 Å². The average molecular weight is 429 g/mol. The highest BCUT2D eigenvalue weighted by Crippen LogP contribution is 2.40. The van der Waals surface area contributed by atoms with E-state index >= 15 is 0 Å². The van der Waals surface area contributed by atoms with Crippen molar-refractivity contribution in [1.82, 2.24) is 19.7 Å². The van der Waals surface area contributed by atoms with Gasteiger partial charge in [-0.3, -0.25) is 4.68 Å². The van der Waals surface area contributed by atoms with E-state index in [1.54, 1.807) is 22.2 Å². The van der Waals surface area contributed by atoms with Crippen LogP contribution in [0.3, 0.4) is 0 Å². The topological polar surface area (TPSA) is 103 Å². The van der Waals surface area contributed by atoms with Crippen molar-refractivity contribution >= 4 is 17.2 Å². The molecule has 0 saturated carbocycles. The molecule has 0 aliphatic carbocycles. The standard InChI is InChI=1S/C23H20N6OS/c1-12-4-5-15-16(6-12)13(2)30-19-7-14(10-26-23(19)25)21-17(9-24)28-29(3)18(21)8-20-22(15)27-11-31-20/h4-7,10-11,13H,8H2,1-3H3,(H2,25,26)/t13-/m1/s1. The van der Waals surface area contributed by atoms with Crippen molar-refractivity contribution in [1.29, 1.82) is 5.26 Å². The molecule has 0 unspecified atom stereocenters. The number of rotatable bonds is 0. The molecular formula is C23H20N6OS. The molecule has 154 valence electrons. The summed E-state index contributed by atoms with van der Waals surface area (Å²) in [4.78, 5) is 10.2. The Labute approximate surface area is 183 Å². The number of aromatic nitrogens is 4. The van der Waals surface area contributed by atoms with Gasteiger partial charge in [0.1, 0.15) is 12.2 Å². The number of hydrogen-bond donors (Lipinski definition) is 1. The van der Waals surface area contributed by atoms with Crippen molar-refractivity contribution in [2.75, 3.05) is 5.73 Å². The van der Waals surface area contributed by atoms with Crippen LogP contribution in [0, 0.1) is 18.3 Å². The van der Waals surface area contributed by atoms with Crippen molar-refractivity contribution < 1.29 is 4.74 Å². The lowest BCUT2D eigenvalue weighted by Gasteiger charge is -2.21. The number of nitriles is 1. The number of thiazole rings is 1. The van der Waals surface area contributed by atoms with E-state index in [0.29, 0.717) is 23.7 Å². The van der Waals surface area contributed by atoms with Gasteiger partial charge in [-0.1, -0.05) is 23.8 Å². The summed E-state index contributed by atoms with van der Waals surface area (Å²) in [5.41, 5.74) is 14.9. The van der Waals surface area contributed by atoms with Crippen LogP contribution in [0.25, 0.3) is 22.4 Å². The van der Waals surface area contributed by atoms with Gasteiger partial charge in [0.2, 0.25) is 0 Å². The molecule has 0 spiro atoms. The Morgan fingerprint density at radius 1 is 1.29 bits per heavy atom. The van der Waals surface area contributed by atoms with Gasteiger partial charge in [-0.2, -0.15) is 10.4 Å². The maximum atomic E-state index is 9.72. The fourth-order valence-corrected chi connectivity index (χ4v) is 4.86. The summed E-state index contributed by atoms with van der Waals surface area (Å²) >= 11 is 1.60. The van der Waals surface area contributed by atoms with E-state index in [1.807, 2.05) is 25.5 Å². The van der Waals surface area contributed by atoms with Crippen LogP contribution in [0.2, 0.25) is 0 Å². The second kappa shape index (κ2) is 7.22. The molecule has 1 atom stereocenters. The van der Waals surface area contributed by atoms with Gasteiger partial charge in [-0.25, -0.2) is 9.97 Å². The molecule has 1 aliphatic rings. The number of fused-ring (bicyclic) bond motifs is 7. The molecule has 0 fully saturated rings. The predicted molar refractivity (Wildman–Crippen MR) is 120 cm³/mol. The van der Waals surface area contributed by atoms with Gasteiger partial charge in [0.15, 0.2) is 17.3 Å². The van der Waals surface area contributed by atoms with Crippen LogP contribution in [-0.4, -0.2) is 19.7 Å². The second-order valence-corrected chi connectivity index (χ2v) is 8.60. The van der Waals surface area contributed by atoms with Gasteiger partial charge >= 0.3 is 0 Å². The Kier molecular flexibility index (Phi) is 4.49. The zero-order chi connectivity index (χ0) is 21.7. The quantitative estimate of drug-likeness (QED) is 0.445. The Morgan fingerprint density at radius 3 is 2.94 bits per heavy atom. The largest absolute Gasteiger partial charge is 0.482 e. The molecule has 3 aromatic heterocycles. The average Bonchev–Trinajstić information content (AvgIpc) is 3.33. The van der Waals surface area contributed by atoms with Gasteiger partial charge in [0.25, 0.3) is 0 Å². The number of pyridine rings is 1. The van der Waals surface area contributed by atoms with Crippen LogP contribution in [0.5, 0.6) is 5.75 Å². The Morgan fingerprint density at radius 2 is 2.13 bits per heavy atom. The molecule has 1 aliphatic heterocycles. The maximum Gasteiger partial charge on any atom is 0.170 e. The van der Waals surface area contributed by atoms with Gasteiger partial charge in [-0.05, 0) is 19.9 Å². The van der Waals surface area contributed by atoms with Crippen LogP contribution in [0.1, 0.15) is 40.4 Å². The lowest BCUT2D eigenvalue weighted by Crippen LogP contribution is -2.09. The molecule has 8 heteroatoms. The monoisotopic (exact) mass is 428 g/mol. The van der Waals surface area contributed by atoms with Gasteiger partial charge < -0.3 is 10.5 Å². The van der Waals surface area contributed by atoms with Crippen LogP contribution in [-0.2, 0) is 13.5 Å². The number of nitrogen functional groups attached to an aromatic ring is 1. The molecule has 1 aromatic carbocycles. The van der Waals surface area contributed by atoms with Crippen molar-refractivity contribution in [3.05, 3.63) is 63.4 Å². The number of anilines is 1. The van der Waals surface area contributed by atoms with Crippen LogP contribution >= 0.6 is 11.3 Å². The normalized spacial score (nSPS) is 14.8. The number of benzene rings is 1. The third kappa shape index (κ3) is 3.14. The first kappa shape index (κ1) is 19.3. The number of hydrogen-bond acceptors (Lipinski definition) is 7. The first-order valence-electron chi connectivity index (χ1n) is 9.88. The summed E-state index contributed by atoms with van der Waals surface area (Å²) in [7, 11) is 1.85. The molecule has 4 aromatic rings. The van der Waals surface area contributed by atoms with Crippen LogP contribution in [0.15, 0.2) is 36.0 Å². The Balaban J connectivity index is 1.83. The Bertz CT molecular complexity index is 1360. The van der Waals surface area contributed by atoms with Crippen LogP contribution in [0.4, 0.5) is 5.82 Å². The second-order valence-electron chi connectivity index (χ2n) is 7.66. The smallest absolute Gasteiger partial charge is 0.170 e. The molecule has 0 saturated heterocycles. The number of aryl methyl sites for hydroxylation is 2. The minimum absolute atomic E-state index is 0.271. The van der Waals surface area contributed by atoms with Crippen molar-refractivity contribution in [3.63, 3.8) is 0 Å². The van der Waals surface area contributed by atoms with E-state index in [2.05, 4.69) is 41.3 Å². The van der Waals surface area contributed by atoms with Crippen molar-refractivity contribution in [3.8, 4) is 34.2 Å². The fraction of sp³-hybridized carbons (Fsp3) is 0.217. The zero-order valence-electron chi connectivity index (χ0n) is 17.4. The molecule has 31 heavy (non-hydrogen) atoms. The minimum Gasteiger partial charge on any atom is -0.482 e. The van der Waals surface area contributed by atoms with Crippen molar-refractivity contribution in [2.45, 2.75) is 26.4 Å². The lowest BCUT2D eigenvalue weighted by molar-refractivity contribution is 0.228. The highest BCUT2D eigenvalue weighted by atomic mass is 32.1. The summed E-state index contributed by atoms with van der Waals surface area (Å²) in [6.45, 7) is 4.06. The summed E-state index contributed by atoms with van der Waals surface area (Å²) in [6, 6.07) is 10.4. The fourth-order valence-electron chi connectivity index (χ4n) is 4.09. The maximum absolute atomic E-state index is 9.72. The van der Waals surface area contributed by atoms with E-state index < -0.39 is 0 Å². The van der Waals surface area contributed by atoms with Gasteiger partial charge in [0.05, 0.1) is 16.9 Å². The predicted octanol–water partition coefficient (Wildman–Crippen LogP) is 4.41. The molecule has 2 bridgehead atoms. The minimum atomic E-state index is -0.271. The Hall–Kier alpha value is -3.70. The molecule has 4 heterocycles. The third-order valence-corrected chi connectivity index (χ3v) is 6.45. The highest BCUT2D eigenvalue weighted by Gasteiger charge is 2.25. The summed E-state index contributed by atoms with van der Waals surface area (Å²) in [5.74, 6) is 0.787. The number of nitrogens with zero attached hydrogens (tertiary/aromatic N) is 5. The zero-order valence-corrected chi connectivity index (χ0v) is 18.2. The van der Waals surface area contributed by atoms with E-state index in [1.165, 1.54) is 0 Å². The molecule has 0 amide bonds. The number of nitrogens with two attached hydrogens (primary N) is 1. The summed E-state index contributed by atoms with van der Waals surface area (Å²) < 4.78 is 8.07. The first-order chi connectivity index (χ1) is 15.0. The third-order valence-electron chi connectivity index (χ3n) is 5.62. The molecule has 2 N–H and O–H groups in total. The van der Waals surface area contributed by atoms with E-state index in [-0.39, 0.29) is 6.10 Å². The van der Waals surface area contributed by atoms with E-state index in [0.717, 1.165) is 44.1 Å². The highest BCUT2D eigenvalue weighted by molar-refractivity contribution is 7.10. The SMILES string of the molecule is Cc1ccc2c(c1)[C@@H](C)Oc1cc(cnc1N)-c1c(C#N)nn(C)c1Cc1scnc1-2. The molecule has 0 radical (unpaired) electrons. The number of ether oxygens (including phenoxy) is 1. The molecule has 7 nitrogen and oxygen atoms in total. The van der Waals surface area contributed by atoms with Crippen LogP contribution < -0.4 is 10.5 Å². The molecular weight excluding hydrogens is 408 g/mol. The van der Waals surface area contributed by atoms with Gasteiger partial charge in [0, 0.05) is 46.8 Å². The van der Waals surface area contributed by atoms with E-state index in [4.69, 9.17) is 15.5 Å². The summed E-state index contributed by atoms with van der Waals surface area (Å²) in [5, 5.41) is 14.2.